The van der Waals surface area contributed by atoms with Crippen LogP contribution in [0.3, 0.4) is 0 Å². The molecule has 2 N–H and O–H groups in total. The van der Waals surface area contributed by atoms with E-state index < -0.39 is 22.9 Å². The minimum atomic E-state index is -1.15. The summed E-state index contributed by atoms with van der Waals surface area (Å²) >= 11 is 0. The summed E-state index contributed by atoms with van der Waals surface area (Å²) in [4.78, 5) is 33.2. The number of nitrogens with zero attached hydrogens (tertiary/aromatic N) is 2. The number of amides is 1. The molecule has 1 atom stereocenters. The Kier molecular flexibility index (Phi) is 6.63. The quantitative estimate of drug-likeness (QED) is 0.402. The van der Waals surface area contributed by atoms with Gasteiger partial charge in [0.15, 0.2) is 17.6 Å². The van der Waals surface area contributed by atoms with Gasteiger partial charge in [0.2, 0.25) is 0 Å². The van der Waals surface area contributed by atoms with Crippen molar-refractivity contribution >= 4 is 23.8 Å². The maximum atomic E-state index is 12.1. The predicted octanol–water partition coefficient (Wildman–Crippen LogP) is 2.22. The Hall–Kier alpha value is -3.95. The molecule has 0 heterocycles. The van der Waals surface area contributed by atoms with Gasteiger partial charge >= 0.3 is 5.97 Å². The van der Waals surface area contributed by atoms with E-state index in [1.54, 1.807) is 18.2 Å². The molecule has 0 aliphatic carbocycles. The summed E-state index contributed by atoms with van der Waals surface area (Å²) in [5.74, 6) is -1.26. The van der Waals surface area contributed by atoms with Gasteiger partial charge in [0, 0.05) is 23.3 Å². The molecule has 2 aromatic carbocycles. The first kappa shape index (κ1) is 20.4. The number of ether oxygens (including phenoxy) is 2. The van der Waals surface area contributed by atoms with Crippen LogP contribution in [0.4, 0.5) is 5.69 Å². The van der Waals surface area contributed by atoms with E-state index in [-0.39, 0.29) is 17.0 Å². The van der Waals surface area contributed by atoms with Crippen molar-refractivity contribution in [3.05, 3.63) is 63.7 Å². The van der Waals surface area contributed by atoms with Gasteiger partial charge in [-0.3, -0.25) is 14.9 Å². The Bertz CT molecular complexity index is 910. The molecule has 2 rings (SSSR count). The third-order valence-corrected chi connectivity index (χ3v) is 3.58. The molecule has 10 nitrogen and oxygen atoms in total. The maximum absolute atomic E-state index is 12.1. The number of nitro groups is 1. The number of methoxy groups -OCH3 is 1. The molecular weight excluding hydrogens is 370 g/mol. The molecule has 0 bridgehead atoms. The summed E-state index contributed by atoms with van der Waals surface area (Å²) in [5, 5.41) is 23.5. The molecule has 0 saturated carbocycles. The summed E-state index contributed by atoms with van der Waals surface area (Å²) in [6.45, 7) is 1.37. The Morgan fingerprint density at radius 1 is 1.25 bits per heavy atom. The first-order chi connectivity index (χ1) is 13.3. The van der Waals surface area contributed by atoms with Gasteiger partial charge in [-0.25, -0.2) is 10.2 Å². The first-order valence-corrected chi connectivity index (χ1v) is 7.97. The fourth-order valence-corrected chi connectivity index (χ4v) is 2.11. The molecule has 0 saturated heterocycles. The Labute approximate surface area is 159 Å². The van der Waals surface area contributed by atoms with Crippen molar-refractivity contribution in [1.82, 2.24) is 5.43 Å². The lowest BCUT2D eigenvalue weighted by molar-refractivity contribution is -0.384. The number of para-hydroxylation sites is 1. The van der Waals surface area contributed by atoms with E-state index in [0.29, 0.717) is 11.3 Å². The van der Waals surface area contributed by atoms with Crippen molar-refractivity contribution < 1.29 is 29.1 Å². The number of nitrogens with one attached hydrogen (secondary N) is 1. The highest BCUT2D eigenvalue weighted by atomic mass is 16.6. The number of hydrogen-bond acceptors (Lipinski definition) is 7. The molecule has 0 aliphatic rings. The smallest absolute Gasteiger partial charge is 0.344 e. The van der Waals surface area contributed by atoms with Crippen LogP contribution in [0.1, 0.15) is 22.8 Å². The lowest BCUT2D eigenvalue weighted by Crippen LogP contribution is -2.24. The zero-order chi connectivity index (χ0) is 20.7. The molecule has 0 fully saturated rings. The summed E-state index contributed by atoms with van der Waals surface area (Å²) in [7, 11) is 1.41. The minimum absolute atomic E-state index is 0.134. The van der Waals surface area contributed by atoms with Crippen LogP contribution in [0.15, 0.2) is 47.6 Å². The highest BCUT2D eigenvalue weighted by molar-refractivity contribution is 5.95. The van der Waals surface area contributed by atoms with E-state index >= 15 is 0 Å². The fourth-order valence-electron chi connectivity index (χ4n) is 2.11. The topological polar surface area (TPSA) is 140 Å². The summed E-state index contributed by atoms with van der Waals surface area (Å²) in [6.07, 6.45) is 0.147. The third-order valence-electron chi connectivity index (χ3n) is 3.58. The van der Waals surface area contributed by atoms with Crippen molar-refractivity contribution in [2.75, 3.05) is 7.11 Å². The van der Waals surface area contributed by atoms with Crippen molar-refractivity contribution in [1.29, 1.82) is 0 Å². The molecule has 0 aliphatic heterocycles. The number of carboxylic acids is 1. The number of rotatable bonds is 8. The van der Waals surface area contributed by atoms with Crippen LogP contribution in [0.5, 0.6) is 11.5 Å². The van der Waals surface area contributed by atoms with E-state index in [2.05, 4.69) is 10.5 Å². The number of carboxylic acid groups (broad SMARTS) is 1. The Morgan fingerprint density at radius 2 is 1.93 bits per heavy atom. The number of nitro benzene ring substituents is 1. The van der Waals surface area contributed by atoms with Crippen LogP contribution in [-0.4, -0.2) is 41.3 Å². The second-order valence-corrected chi connectivity index (χ2v) is 5.48. The molecule has 0 spiro atoms. The summed E-state index contributed by atoms with van der Waals surface area (Å²) in [5.41, 5.74) is 2.72. The van der Waals surface area contributed by atoms with Gasteiger partial charge in [-0.05, 0) is 31.2 Å². The SMILES string of the molecule is COc1cccc(/C=N\NC(=O)c2ccc([N+](=O)[O-])cc2)c1O[C@H](C)C(=O)O. The van der Waals surface area contributed by atoms with Crippen LogP contribution in [0.2, 0.25) is 0 Å². The zero-order valence-corrected chi connectivity index (χ0v) is 15.0. The Balaban J connectivity index is 2.15. The fraction of sp³-hybridized carbons (Fsp3) is 0.167. The van der Waals surface area contributed by atoms with Gasteiger partial charge in [0.25, 0.3) is 11.6 Å². The summed E-state index contributed by atoms with van der Waals surface area (Å²) in [6, 6.07) is 9.87. The monoisotopic (exact) mass is 387 g/mol. The van der Waals surface area contributed by atoms with Gasteiger partial charge in [0.05, 0.1) is 18.2 Å². The second kappa shape index (κ2) is 9.12. The zero-order valence-electron chi connectivity index (χ0n) is 15.0. The molecule has 1 amide bonds. The minimum Gasteiger partial charge on any atom is -0.493 e. The normalized spacial score (nSPS) is 11.6. The number of hydrazone groups is 1. The van der Waals surface area contributed by atoms with E-state index in [1.165, 1.54) is 44.5 Å². The van der Waals surface area contributed by atoms with Gasteiger partial charge in [-0.1, -0.05) is 6.07 Å². The van der Waals surface area contributed by atoms with Gasteiger partial charge < -0.3 is 14.6 Å². The van der Waals surface area contributed by atoms with Gasteiger partial charge in [-0.15, -0.1) is 0 Å². The number of carbonyl (C=O) groups excluding carboxylic acids is 1. The van der Waals surface area contributed by atoms with Crippen molar-refractivity contribution in [3.8, 4) is 11.5 Å². The highest BCUT2D eigenvalue weighted by Crippen LogP contribution is 2.31. The van der Waals surface area contributed by atoms with E-state index in [4.69, 9.17) is 14.6 Å². The maximum Gasteiger partial charge on any atom is 0.344 e. The number of hydrogen-bond donors (Lipinski definition) is 2. The van der Waals surface area contributed by atoms with Crippen LogP contribution in [0.25, 0.3) is 0 Å². The largest absolute Gasteiger partial charge is 0.493 e. The predicted molar refractivity (Wildman–Crippen MR) is 98.9 cm³/mol. The van der Waals surface area contributed by atoms with Crippen molar-refractivity contribution in [2.24, 2.45) is 5.10 Å². The number of carbonyl (C=O) groups is 2. The summed E-state index contributed by atoms with van der Waals surface area (Å²) < 4.78 is 10.6. The van der Waals surface area contributed by atoms with Gasteiger partial charge in [-0.2, -0.15) is 5.10 Å². The first-order valence-electron chi connectivity index (χ1n) is 7.97. The molecule has 0 radical (unpaired) electrons. The lowest BCUT2D eigenvalue weighted by Gasteiger charge is -2.15. The third kappa shape index (κ3) is 5.04. The average Bonchev–Trinajstić information content (AvgIpc) is 2.68. The number of benzene rings is 2. The van der Waals surface area contributed by atoms with E-state index in [0.717, 1.165) is 0 Å². The van der Waals surface area contributed by atoms with Crippen LogP contribution in [-0.2, 0) is 4.79 Å². The standard InChI is InChI=1S/C18H17N3O7/c1-11(18(23)24)28-16-13(4-3-5-15(16)27-2)10-19-20-17(22)12-6-8-14(9-7-12)21(25)26/h3-11H,1-2H3,(H,20,22)(H,23,24)/b19-10-/t11-/m1/s1. The number of aliphatic carboxylic acids is 1. The van der Waals surface area contributed by atoms with Crippen LogP contribution >= 0.6 is 0 Å². The van der Waals surface area contributed by atoms with Crippen LogP contribution in [0, 0.1) is 10.1 Å². The lowest BCUT2D eigenvalue weighted by atomic mass is 10.2. The van der Waals surface area contributed by atoms with E-state index in [9.17, 15) is 19.7 Å². The number of non-ortho nitro benzene ring substituents is 1. The van der Waals surface area contributed by atoms with Crippen molar-refractivity contribution in [3.63, 3.8) is 0 Å². The second-order valence-electron chi connectivity index (χ2n) is 5.48. The van der Waals surface area contributed by atoms with Crippen LogP contribution < -0.4 is 14.9 Å². The Morgan fingerprint density at radius 3 is 2.50 bits per heavy atom. The van der Waals surface area contributed by atoms with E-state index in [1.807, 2.05) is 0 Å². The molecular formula is C18H17N3O7. The van der Waals surface area contributed by atoms with Gasteiger partial charge in [0.1, 0.15) is 0 Å². The molecule has 2 aromatic rings. The molecule has 146 valence electrons. The molecule has 10 heteroatoms. The molecule has 28 heavy (non-hydrogen) atoms. The molecule has 0 unspecified atom stereocenters. The molecule has 0 aromatic heterocycles. The highest BCUT2D eigenvalue weighted by Gasteiger charge is 2.18. The van der Waals surface area contributed by atoms with Crippen molar-refractivity contribution in [2.45, 2.75) is 13.0 Å². The average molecular weight is 387 g/mol.